The number of anilines is 1. The molecule has 8 heteroatoms. The number of non-ortho nitro benzene ring substituents is 1. The molecule has 0 radical (unpaired) electrons. The molecule has 0 unspecified atom stereocenters. The summed E-state index contributed by atoms with van der Waals surface area (Å²) in [7, 11) is 0. The molecule has 1 aliphatic rings. The number of rotatable bonds is 4. The fourth-order valence-corrected chi connectivity index (χ4v) is 3.01. The Hall–Kier alpha value is -2.61. The summed E-state index contributed by atoms with van der Waals surface area (Å²) >= 11 is 0. The van der Waals surface area contributed by atoms with E-state index in [0.29, 0.717) is 6.54 Å². The zero-order valence-electron chi connectivity index (χ0n) is 13.9. The number of halogens is 3. The normalized spacial score (nSPS) is 15.9. The number of nitro benzene ring substituents is 1. The molecule has 0 aliphatic carbocycles. The highest BCUT2D eigenvalue weighted by molar-refractivity contribution is 5.51. The van der Waals surface area contributed by atoms with Crippen LogP contribution >= 0.6 is 0 Å². The minimum Gasteiger partial charge on any atom is -0.369 e. The Kier molecular flexibility index (Phi) is 5.13. The Labute approximate surface area is 148 Å². The number of hydrogen-bond donors (Lipinski definition) is 0. The van der Waals surface area contributed by atoms with E-state index < -0.39 is 16.7 Å². The molecule has 26 heavy (non-hydrogen) atoms. The second-order valence-electron chi connectivity index (χ2n) is 6.23. The largest absolute Gasteiger partial charge is 0.416 e. The molecule has 1 fully saturated rings. The predicted octanol–water partition coefficient (Wildman–Crippen LogP) is 3.94. The second kappa shape index (κ2) is 7.33. The summed E-state index contributed by atoms with van der Waals surface area (Å²) in [5.74, 6) is 0. The molecule has 1 saturated heterocycles. The monoisotopic (exact) mass is 365 g/mol. The molecule has 5 nitrogen and oxygen atoms in total. The minimum atomic E-state index is -4.31. The van der Waals surface area contributed by atoms with Crippen LogP contribution in [-0.2, 0) is 12.7 Å². The fraction of sp³-hybridized carbons (Fsp3) is 0.333. The third-order valence-electron chi connectivity index (χ3n) is 4.49. The third kappa shape index (κ3) is 4.32. The minimum absolute atomic E-state index is 0.0645. The van der Waals surface area contributed by atoms with Crippen LogP contribution in [-0.4, -0.2) is 36.0 Å². The third-order valence-corrected chi connectivity index (χ3v) is 4.49. The molecule has 0 aromatic heterocycles. The van der Waals surface area contributed by atoms with Gasteiger partial charge < -0.3 is 4.90 Å². The summed E-state index contributed by atoms with van der Waals surface area (Å²) in [6.07, 6.45) is -4.31. The van der Waals surface area contributed by atoms with Crippen LogP contribution in [0.25, 0.3) is 0 Å². The van der Waals surface area contributed by atoms with Crippen molar-refractivity contribution in [1.29, 1.82) is 0 Å². The van der Waals surface area contributed by atoms with E-state index in [1.54, 1.807) is 12.1 Å². The van der Waals surface area contributed by atoms with Gasteiger partial charge in [0.25, 0.3) is 5.69 Å². The zero-order chi connectivity index (χ0) is 18.7. The van der Waals surface area contributed by atoms with Crippen molar-refractivity contribution in [3.8, 4) is 0 Å². The van der Waals surface area contributed by atoms with Crippen molar-refractivity contribution in [1.82, 2.24) is 4.90 Å². The summed E-state index contributed by atoms with van der Waals surface area (Å²) in [5, 5.41) is 10.7. The summed E-state index contributed by atoms with van der Waals surface area (Å²) in [6, 6.07) is 11.7. The maximum Gasteiger partial charge on any atom is 0.416 e. The quantitative estimate of drug-likeness (QED) is 0.608. The molecule has 0 spiro atoms. The number of hydrogen-bond acceptors (Lipinski definition) is 4. The average molecular weight is 365 g/mol. The first-order valence-corrected chi connectivity index (χ1v) is 8.21. The van der Waals surface area contributed by atoms with Crippen LogP contribution in [0.2, 0.25) is 0 Å². The standard InChI is InChI=1S/C18H18F3N3O2/c19-18(20,21)15-3-1-14(2-4-15)13-22-9-11-23(12-10-22)16-5-7-17(8-6-16)24(25)26/h1-8H,9-13H2. The van der Waals surface area contributed by atoms with Gasteiger partial charge in [-0.3, -0.25) is 15.0 Å². The zero-order valence-corrected chi connectivity index (χ0v) is 13.9. The topological polar surface area (TPSA) is 49.6 Å². The Morgan fingerprint density at radius 3 is 2.00 bits per heavy atom. The van der Waals surface area contributed by atoms with E-state index in [-0.39, 0.29) is 5.69 Å². The van der Waals surface area contributed by atoms with E-state index >= 15 is 0 Å². The van der Waals surface area contributed by atoms with Crippen LogP contribution in [0.5, 0.6) is 0 Å². The van der Waals surface area contributed by atoms with Gasteiger partial charge in [-0.2, -0.15) is 13.2 Å². The lowest BCUT2D eigenvalue weighted by Gasteiger charge is -2.36. The van der Waals surface area contributed by atoms with Crippen molar-refractivity contribution in [2.75, 3.05) is 31.1 Å². The maximum absolute atomic E-state index is 12.6. The van der Waals surface area contributed by atoms with Crippen LogP contribution in [0.15, 0.2) is 48.5 Å². The lowest BCUT2D eigenvalue weighted by atomic mass is 10.1. The molecule has 0 bridgehead atoms. The summed E-state index contributed by atoms with van der Waals surface area (Å²) in [5.41, 5.74) is 1.21. The fourth-order valence-electron chi connectivity index (χ4n) is 3.01. The van der Waals surface area contributed by atoms with Gasteiger partial charge in [-0.1, -0.05) is 12.1 Å². The van der Waals surface area contributed by atoms with Gasteiger partial charge in [0.2, 0.25) is 0 Å². The van der Waals surface area contributed by atoms with Gasteiger partial charge in [0.15, 0.2) is 0 Å². The van der Waals surface area contributed by atoms with E-state index in [1.165, 1.54) is 24.3 Å². The Bertz CT molecular complexity index is 753. The van der Waals surface area contributed by atoms with Gasteiger partial charge in [0.1, 0.15) is 0 Å². The molecule has 0 N–H and O–H groups in total. The van der Waals surface area contributed by atoms with Crippen LogP contribution in [0.3, 0.4) is 0 Å². The van der Waals surface area contributed by atoms with Crippen molar-refractivity contribution < 1.29 is 18.1 Å². The molecule has 3 rings (SSSR count). The molecular formula is C18H18F3N3O2. The molecule has 0 atom stereocenters. The van der Waals surface area contributed by atoms with Crippen LogP contribution in [0.1, 0.15) is 11.1 Å². The smallest absolute Gasteiger partial charge is 0.369 e. The maximum atomic E-state index is 12.6. The number of alkyl halides is 3. The Morgan fingerprint density at radius 2 is 1.50 bits per heavy atom. The number of benzene rings is 2. The van der Waals surface area contributed by atoms with E-state index in [2.05, 4.69) is 9.80 Å². The first-order chi connectivity index (χ1) is 12.3. The molecule has 0 amide bonds. The van der Waals surface area contributed by atoms with Crippen LogP contribution in [0.4, 0.5) is 24.5 Å². The average Bonchev–Trinajstić information content (AvgIpc) is 2.62. The Morgan fingerprint density at radius 1 is 0.923 bits per heavy atom. The highest BCUT2D eigenvalue weighted by Crippen LogP contribution is 2.29. The molecular weight excluding hydrogens is 347 g/mol. The van der Waals surface area contributed by atoms with Gasteiger partial charge in [-0.15, -0.1) is 0 Å². The van der Waals surface area contributed by atoms with E-state index in [0.717, 1.165) is 49.6 Å². The van der Waals surface area contributed by atoms with Crippen LogP contribution in [0, 0.1) is 10.1 Å². The first kappa shape index (κ1) is 18.2. The number of piperazine rings is 1. The molecule has 2 aromatic carbocycles. The van der Waals surface area contributed by atoms with Crippen molar-refractivity contribution in [2.24, 2.45) is 0 Å². The molecule has 0 saturated carbocycles. The highest BCUT2D eigenvalue weighted by atomic mass is 19.4. The van der Waals surface area contributed by atoms with Crippen molar-refractivity contribution in [2.45, 2.75) is 12.7 Å². The SMILES string of the molecule is O=[N+]([O-])c1ccc(N2CCN(Cc3ccc(C(F)(F)F)cc3)CC2)cc1. The predicted molar refractivity (Wildman–Crippen MR) is 92.0 cm³/mol. The van der Waals surface area contributed by atoms with E-state index in [1.807, 2.05) is 0 Å². The summed E-state index contributed by atoms with van der Waals surface area (Å²) < 4.78 is 37.8. The van der Waals surface area contributed by atoms with Crippen molar-refractivity contribution in [3.05, 3.63) is 69.8 Å². The van der Waals surface area contributed by atoms with E-state index in [9.17, 15) is 23.3 Å². The molecule has 2 aromatic rings. The lowest BCUT2D eigenvalue weighted by molar-refractivity contribution is -0.384. The first-order valence-electron chi connectivity index (χ1n) is 8.21. The number of nitro groups is 1. The lowest BCUT2D eigenvalue weighted by Crippen LogP contribution is -2.45. The van der Waals surface area contributed by atoms with Gasteiger partial charge in [-0.05, 0) is 29.8 Å². The number of nitrogens with zero attached hydrogens (tertiary/aromatic N) is 3. The van der Waals surface area contributed by atoms with Gasteiger partial charge >= 0.3 is 6.18 Å². The molecule has 138 valence electrons. The highest BCUT2D eigenvalue weighted by Gasteiger charge is 2.30. The molecule has 1 aliphatic heterocycles. The summed E-state index contributed by atoms with van der Waals surface area (Å²) in [4.78, 5) is 14.6. The van der Waals surface area contributed by atoms with Crippen molar-refractivity contribution >= 4 is 11.4 Å². The van der Waals surface area contributed by atoms with Gasteiger partial charge in [0, 0.05) is 50.5 Å². The van der Waals surface area contributed by atoms with Crippen molar-refractivity contribution in [3.63, 3.8) is 0 Å². The summed E-state index contributed by atoms with van der Waals surface area (Å²) in [6.45, 7) is 3.68. The van der Waals surface area contributed by atoms with E-state index in [4.69, 9.17) is 0 Å². The van der Waals surface area contributed by atoms with Crippen LogP contribution < -0.4 is 4.90 Å². The molecule has 1 heterocycles. The van der Waals surface area contributed by atoms with Gasteiger partial charge in [0.05, 0.1) is 10.5 Å². The van der Waals surface area contributed by atoms with Gasteiger partial charge in [-0.25, -0.2) is 0 Å². The second-order valence-corrected chi connectivity index (χ2v) is 6.23. The Balaban J connectivity index is 1.54.